The minimum atomic E-state index is -0.721. The Kier molecular flexibility index (Phi) is 8.07. The summed E-state index contributed by atoms with van der Waals surface area (Å²) in [5.41, 5.74) is 0. The number of nitrogens with one attached hydrogen (secondary N) is 1. The standard InChI is InChI=1S/C15H22ClNO3/c1-12(2-7-15(18)19)8-9-17-10-11-20-14-5-3-13(16)4-6-14/h3-6,12,17H,2,7-11H2,1H3,(H,18,19). The summed E-state index contributed by atoms with van der Waals surface area (Å²) < 4.78 is 5.55. The van der Waals surface area contributed by atoms with E-state index in [9.17, 15) is 4.79 Å². The Hall–Kier alpha value is -1.26. The van der Waals surface area contributed by atoms with E-state index in [1.807, 2.05) is 12.1 Å². The smallest absolute Gasteiger partial charge is 0.303 e. The largest absolute Gasteiger partial charge is 0.492 e. The van der Waals surface area contributed by atoms with Crippen LogP contribution in [0.15, 0.2) is 24.3 Å². The van der Waals surface area contributed by atoms with Crippen molar-refractivity contribution in [3.63, 3.8) is 0 Å². The van der Waals surface area contributed by atoms with E-state index in [1.54, 1.807) is 12.1 Å². The Labute approximate surface area is 125 Å². The lowest BCUT2D eigenvalue weighted by Gasteiger charge is -2.11. The molecule has 20 heavy (non-hydrogen) atoms. The average Bonchev–Trinajstić information content (AvgIpc) is 2.42. The van der Waals surface area contributed by atoms with Gasteiger partial charge in [-0.05, 0) is 49.6 Å². The summed E-state index contributed by atoms with van der Waals surface area (Å²) in [6.45, 7) is 4.33. The zero-order valence-electron chi connectivity index (χ0n) is 11.8. The van der Waals surface area contributed by atoms with Crippen molar-refractivity contribution in [2.45, 2.75) is 26.2 Å². The SMILES string of the molecule is CC(CCNCCOc1ccc(Cl)cc1)CCC(=O)O. The third-order valence-corrected chi connectivity index (χ3v) is 3.28. The van der Waals surface area contributed by atoms with Crippen LogP contribution < -0.4 is 10.1 Å². The van der Waals surface area contributed by atoms with Gasteiger partial charge in [-0.2, -0.15) is 0 Å². The van der Waals surface area contributed by atoms with Gasteiger partial charge >= 0.3 is 5.97 Å². The maximum atomic E-state index is 10.4. The van der Waals surface area contributed by atoms with E-state index in [0.29, 0.717) is 17.5 Å². The molecule has 0 radical (unpaired) electrons. The molecule has 0 amide bonds. The number of hydrogen-bond donors (Lipinski definition) is 2. The van der Waals surface area contributed by atoms with Crippen molar-refractivity contribution in [2.75, 3.05) is 19.7 Å². The normalized spacial score (nSPS) is 12.1. The predicted octanol–water partition coefficient (Wildman–Crippen LogP) is 3.20. The lowest BCUT2D eigenvalue weighted by molar-refractivity contribution is -0.137. The molecule has 0 spiro atoms. The molecular formula is C15H22ClNO3. The van der Waals surface area contributed by atoms with E-state index >= 15 is 0 Å². The second-order valence-electron chi connectivity index (χ2n) is 4.88. The number of halogens is 1. The number of hydrogen-bond acceptors (Lipinski definition) is 3. The maximum absolute atomic E-state index is 10.4. The van der Waals surface area contributed by atoms with Crippen LogP contribution in [0.1, 0.15) is 26.2 Å². The average molecular weight is 300 g/mol. The molecule has 0 saturated carbocycles. The fourth-order valence-electron chi connectivity index (χ4n) is 1.76. The van der Waals surface area contributed by atoms with E-state index in [2.05, 4.69) is 12.2 Å². The first kappa shape index (κ1) is 16.8. The Balaban J connectivity index is 1.99. The lowest BCUT2D eigenvalue weighted by Crippen LogP contribution is -2.23. The van der Waals surface area contributed by atoms with Crippen LogP contribution in [-0.2, 0) is 4.79 Å². The Bertz CT molecular complexity index is 395. The number of carboxylic acids is 1. The van der Waals surface area contributed by atoms with E-state index < -0.39 is 5.97 Å². The number of rotatable bonds is 10. The summed E-state index contributed by atoms with van der Waals surface area (Å²) >= 11 is 5.78. The molecule has 1 rings (SSSR count). The predicted molar refractivity (Wildman–Crippen MR) is 80.5 cm³/mol. The minimum absolute atomic E-state index is 0.251. The molecule has 2 N–H and O–H groups in total. The highest BCUT2D eigenvalue weighted by atomic mass is 35.5. The van der Waals surface area contributed by atoms with E-state index in [4.69, 9.17) is 21.4 Å². The summed E-state index contributed by atoms with van der Waals surface area (Å²) in [5.74, 6) is 0.517. The summed E-state index contributed by atoms with van der Waals surface area (Å²) in [6.07, 6.45) is 1.97. The van der Waals surface area contributed by atoms with Gasteiger partial charge in [-0.3, -0.25) is 4.79 Å². The fraction of sp³-hybridized carbons (Fsp3) is 0.533. The van der Waals surface area contributed by atoms with Gasteiger partial charge in [-0.15, -0.1) is 0 Å². The molecule has 112 valence electrons. The number of benzene rings is 1. The van der Waals surface area contributed by atoms with Crippen molar-refractivity contribution in [1.82, 2.24) is 5.32 Å². The van der Waals surface area contributed by atoms with Gasteiger partial charge in [-0.25, -0.2) is 0 Å². The number of aliphatic carboxylic acids is 1. The minimum Gasteiger partial charge on any atom is -0.492 e. The third-order valence-electron chi connectivity index (χ3n) is 3.03. The van der Waals surface area contributed by atoms with Crippen LogP contribution in [0.4, 0.5) is 0 Å². The second-order valence-corrected chi connectivity index (χ2v) is 5.32. The van der Waals surface area contributed by atoms with Gasteiger partial charge in [0, 0.05) is 18.0 Å². The van der Waals surface area contributed by atoms with Crippen LogP contribution in [0, 0.1) is 5.92 Å². The molecule has 0 aromatic heterocycles. The molecule has 0 fully saturated rings. The molecule has 0 aliphatic rings. The van der Waals surface area contributed by atoms with Crippen LogP contribution in [-0.4, -0.2) is 30.8 Å². The van der Waals surface area contributed by atoms with E-state index in [0.717, 1.165) is 31.7 Å². The zero-order chi connectivity index (χ0) is 14.8. The second kappa shape index (κ2) is 9.61. The molecule has 1 aromatic carbocycles. The zero-order valence-corrected chi connectivity index (χ0v) is 12.5. The van der Waals surface area contributed by atoms with Crippen molar-refractivity contribution in [3.05, 3.63) is 29.3 Å². The van der Waals surface area contributed by atoms with Crippen molar-refractivity contribution in [3.8, 4) is 5.75 Å². The Morgan fingerprint density at radius 2 is 2.00 bits per heavy atom. The van der Waals surface area contributed by atoms with Crippen molar-refractivity contribution >= 4 is 17.6 Å². The van der Waals surface area contributed by atoms with Gasteiger partial charge in [0.2, 0.25) is 0 Å². The molecule has 0 aliphatic carbocycles. The lowest BCUT2D eigenvalue weighted by atomic mass is 10.0. The van der Waals surface area contributed by atoms with Crippen LogP contribution in [0.2, 0.25) is 5.02 Å². The third kappa shape index (κ3) is 8.02. The first-order valence-corrected chi connectivity index (χ1v) is 7.26. The summed E-state index contributed by atoms with van der Waals surface area (Å²) in [4.78, 5) is 10.4. The fourth-order valence-corrected chi connectivity index (χ4v) is 1.89. The van der Waals surface area contributed by atoms with Crippen LogP contribution in [0.25, 0.3) is 0 Å². The molecule has 1 unspecified atom stereocenters. The number of carbonyl (C=O) groups is 1. The monoisotopic (exact) mass is 299 g/mol. The van der Waals surface area contributed by atoms with Gasteiger partial charge in [0.05, 0.1) is 0 Å². The topological polar surface area (TPSA) is 58.6 Å². The van der Waals surface area contributed by atoms with E-state index in [-0.39, 0.29) is 6.42 Å². The van der Waals surface area contributed by atoms with Gasteiger partial charge in [0.25, 0.3) is 0 Å². The van der Waals surface area contributed by atoms with Crippen molar-refractivity contribution in [2.24, 2.45) is 5.92 Å². The van der Waals surface area contributed by atoms with E-state index in [1.165, 1.54) is 0 Å². The quantitative estimate of drug-likeness (QED) is 0.651. The Morgan fingerprint density at radius 3 is 2.65 bits per heavy atom. The van der Waals surface area contributed by atoms with Crippen LogP contribution in [0.5, 0.6) is 5.75 Å². The molecule has 4 nitrogen and oxygen atoms in total. The molecule has 0 heterocycles. The Morgan fingerprint density at radius 1 is 1.30 bits per heavy atom. The van der Waals surface area contributed by atoms with Gasteiger partial charge in [-0.1, -0.05) is 18.5 Å². The molecule has 0 saturated heterocycles. The summed E-state index contributed by atoms with van der Waals surface area (Å²) in [6, 6.07) is 7.29. The first-order valence-electron chi connectivity index (χ1n) is 6.89. The van der Waals surface area contributed by atoms with Gasteiger partial charge in [0.15, 0.2) is 0 Å². The summed E-state index contributed by atoms with van der Waals surface area (Å²) in [7, 11) is 0. The summed E-state index contributed by atoms with van der Waals surface area (Å²) in [5, 5.41) is 12.6. The molecule has 0 aliphatic heterocycles. The molecule has 0 bridgehead atoms. The molecule has 5 heteroatoms. The van der Waals surface area contributed by atoms with Crippen LogP contribution in [0.3, 0.4) is 0 Å². The van der Waals surface area contributed by atoms with Gasteiger partial charge in [0.1, 0.15) is 12.4 Å². The number of ether oxygens (including phenoxy) is 1. The highest BCUT2D eigenvalue weighted by Crippen LogP contribution is 2.15. The van der Waals surface area contributed by atoms with Crippen molar-refractivity contribution in [1.29, 1.82) is 0 Å². The maximum Gasteiger partial charge on any atom is 0.303 e. The highest BCUT2D eigenvalue weighted by molar-refractivity contribution is 6.30. The van der Waals surface area contributed by atoms with Crippen molar-refractivity contribution < 1.29 is 14.6 Å². The highest BCUT2D eigenvalue weighted by Gasteiger charge is 2.04. The molecule has 1 atom stereocenters. The van der Waals surface area contributed by atoms with Gasteiger partial charge < -0.3 is 15.2 Å². The number of carboxylic acid groups (broad SMARTS) is 1. The molecular weight excluding hydrogens is 278 g/mol. The molecule has 1 aromatic rings. The van der Waals surface area contributed by atoms with Crippen LogP contribution >= 0.6 is 11.6 Å². The first-order chi connectivity index (χ1) is 9.58.